The smallest absolute Gasteiger partial charge is 0.332 e. The molecule has 0 amide bonds. The minimum atomic E-state index is -0.983. The Bertz CT molecular complexity index is 467. The maximum Gasteiger partial charge on any atom is 0.332 e. The first-order valence-electron chi connectivity index (χ1n) is 6.51. The summed E-state index contributed by atoms with van der Waals surface area (Å²) in [5.41, 5.74) is 0.651. The zero-order valence-electron chi connectivity index (χ0n) is 12.0. The Hall–Kier alpha value is -1.88. The first-order chi connectivity index (χ1) is 9.40. The van der Waals surface area contributed by atoms with E-state index in [0.29, 0.717) is 17.7 Å². The SMILES string of the molecule is CC(=O)Oc1ccccc1CO[C@@H](CC(C)C)C(=O)O. The summed E-state index contributed by atoms with van der Waals surface area (Å²) in [6.07, 6.45) is -0.425. The summed E-state index contributed by atoms with van der Waals surface area (Å²) >= 11 is 0. The maximum absolute atomic E-state index is 11.1. The third-order valence-electron chi connectivity index (χ3n) is 2.63. The van der Waals surface area contributed by atoms with Gasteiger partial charge in [-0.2, -0.15) is 0 Å². The zero-order valence-corrected chi connectivity index (χ0v) is 12.0. The fraction of sp³-hybridized carbons (Fsp3) is 0.467. The first-order valence-corrected chi connectivity index (χ1v) is 6.51. The number of carbonyl (C=O) groups is 2. The molecule has 5 heteroatoms. The molecule has 1 aromatic carbocycles. The molecular weight excluding hydrogens is 260 g/mol. The van der Waals surface area contributed by atoms with Gasteiger partial charge in [0, 0.05) is 12.5 Å². The van der Waals surface area contributed by atoms with Crippen molar-refractivity contribution in [3.63, 3.8) is 0 Å². The molecule has 20 heavy (non-hydrogen) atoms. The fourth-order valence-electron chi connectivity index (χ4n) is 1.74. The number of hydrogen-bond donors (Lipinski definition) is 1. The van der Waals surface area contributed by atoms with Crippen molar-refractivity contribution >= 4 is 11.9 Å². The molecule has 1 aromatic rings. The van der Waals surface area contributed by atoms with E-state index in [1.165, 1.54) is 6.92 Å². The summed E-state index contributed by atoms with van der Waals surface area (Å²) in [6.45, 7) is 5.28. The van der Waals surface area contributed by atoms with Crippen LogP contribution < -0.4 is 4.74 Å². The molecule has 0 saturated carbocycles. The standard InChI is InChI=1S/C15H20O5/c1-10(2)8-14(15(17)18)19-9-12-6-4-5-7-13(12)20-11(3)16/h4-7,10,14H,8-9H2,1-3H3,(H,17,18)/t14-/m0/s1. The van der Waals surface area contributed by atoms with Gasteiger partial charge in [-0.25, -0.2) is 4.79 Å². The Labute approximate surface area is 118 Å². The molecule has 0 spiro atoms. The van der Waals surface area contributed by atoms with Crippen molar-refractivity contribution in [1.29, 1.82) is 0 Å². The Balaban J connectivity index is 2.72. The number of esters is 1. The van der Waals surface area contributed by atoms with Crippen molar-refractivity contribution in [2.24, 2.45) is 5.92 Å². The molecule has 0 radical (unpaired) electrons. The van der Waals surface area contributed by atoms with Crippen molar-refractivity contribution < 1.29 is 24.2 Å². The van der Waals surface area contributed by atoms with Gasteiger partial charge in [0.05, 0.1) is 6.61 Å². The fourth-order valence-corrected chi connectivity index (χ4v) is 1.74. The minimum absolute atomic E-state index is 0.0904. The summed E-state index contributed by atoms with van der Waals surface area (Å²) in [7, 11) is 0. The van der Waals surface area contributed by atoms with E-state index in [1.807, 2.05) is 13.8 Å². The highest BCUT2D eigenvalue weighted by atomic mass is 16.5. The lowest BCUT2D eigenvalue weighted by Crippen LogP contribution is -2.25. The van der Waals surface area contributed by atoms with E-state index in [0.717, 1.165) is 0 Å². The van der Waals surface area contributed by atoms with E-state index >= 15 is 0 Å². The molecule has 0 saturated heterocycles. The van der Waals surface area contributed by atoms with Gasteiger partial charge in [-0.3, -0.25) is 4.79 Å². The number of carboxylic acids is 1. The molecule has 0 unspecified atom stereocenters. The van der Waals surface area contributed by atoms with Crippen molar-refractivity contribution in [3.8, 4) is 5.75 Å². The maximum atomic E-state index is 11.1. The predicted molar refractivity (Wildman–Crippen MR) is 73.4 cm³/mol. The molecule has 0 aliphatic carbocycles. The van der Waals surface area contributed by atoms with Crippen LogP contribution >= 0.6 is 0 Å². The molecule has 1 atom stereocenters. The normalized spacial score (nSPS) is 12.2. The summed E-state index contributed by atoms with van der Waals surface area (Å²) in [5.74, 6) is -0.786. The van der Waals surface area contributed by atoms with Crippen molar-refractivity contribution in [1.82, 2.24) is 0 Å². The number of para-hydroxylation sites is 1. The molecule has 5 nitrogen and oxygen atoms in total. The van der Waals surface area contributed by atoms with E-state index in [4.69, 9.17) is 14.6 Å². The second kappa shape index (κ2) is 7.65. The van der Waals surface area contributed by atoms with Crippen LogP contribution in [-0.2, 0) is 20.9 Å². The second-order valence-corrected chi connectivity index (χ2v) is 4.97. The Morgan fingerprint density at radius 2 is 1.90 bits per heavy atom. The van der Waals surface area contributed by atoms with Gasteiger partial charge in [0.1, 0.15) is 5.75 Å². The van der Waals surface area contributed by atoms with Crippen LogP contribution in [0.5, 0.6) is 5.75 Å². The largest absolute Gasteiger partial charge is 0.479 e. The van der Waals surface area contributed by atoms with Crippen molar-refractivity contribution in [2.45, 2.75) is 39.9 Å². The number of hydrogen-bond acceptors (Lipinski definition) is 4. The molecule has 0 aliphatic heterocycles. The Kier molecular flexibility index (Phi) is 6.18. The van der Waals surface area contributed by atoms with E-state index in [9.17, 15) is 9.59 Å². The molecule has 0 heterocycles. The van der Waals surface area contributed by atoms with Gasteiger partial charge in [-0.15, -0.1) is 0 Å². The van der Waals surface area contributed by atoms with E-state index in [2.05, 4.69) is 0 Å². The van der Waals surface area contributed by atoms with Crippen LogP contribution in [0.4, 0.5) is 0 Å². The number of ether oxygens (including phenoxy) is 2. The lowest BCUT2D eigenvalue weighted by Gasteiger charge is -2.16. The highest BCUT2D eigenvalue weighted by Gasteiger charge is 2.20. The summed E-state index contributed by atoms with van der Waals surface area (Å²) in [5, 5.41) is 9.10. The molecular formula is C15H20O5. The summed E-state index contributed by atoms with van der Waals surface area (Å²) in [6, 6.07) is 6.92. The second-order valence-electron chi connectivity index (χ2n) is 4.97. The van der Waals surface area contributed by atoms with Gasteiger partial charge < -0.3 is 14.6 Å². The van der Waals surface area contributed by atoms with E-state index < -0.39 is 18.0 Å². The summed E-state index contributed by atoms with van der Waals surface area (Å²) in [4.78, 5) is 22.1. The number of carbonyl (C=O) groups excluding carboxylic acids is 1. The number of rotatable bonds is 7. The van der Waals surface area contributed by atoms with Crippen molar-refractivity contribution in [2.75, 3.05) is 0 Å². The molecule has 1 N–H and O–H groups in total. The first kappa shape index (κ1) is 16.2. The topological polar surface area (TPSA) is 72.8 Å². The van der Waals surface area contributed by atoms with Gasteiger partial charge in [0.25, 0.3) is 0 Å². The number of aliphatic carboxylic acids is 1. The average Bonchev–Trinajstić information content (AvgIpc) is 2.34. The van der Waals surface area contributed by atoms with Crippen LogP contribution in [0.25, 0.3) is 0 Å². The van der Waals surface area contributed by atoms with E-state index in [-0.39, 0.29) is 12.5 Å². The molecule has 110 valence electrons. The monoisotopic (exact) mass is 280 g/mol. The zero-order chi connectivity index (χ0) is 15.1. The van der Waals surface area contributed by atoms with Crippen LogP contribution in [0.15, 0.2) is 24.3 Å². The molecule has 0 aliphatic rings. The number of carboxylic acid groups (broad SMARTS) is 1. The lowest BCUT2D eigenvalue weighted by atomic mass is 10.1. The quantitative estimate of drug-likeness (QED) is 0.614. The van der Waals surface area contributed by atoms with Gasteiger partial charge in [-0.1, -0.05) is 32.0 Å². The van der Waals surface area contributed by atoms with Crippen LogP contribution in [0, 0.1) is 5.92 Å². The molecule has 0 aromatic heterocycles. The molecule has 1 rings (SSSR count). The highest BCUT2D eigenvalue weighted by Crippen LogP contribution is 2.20. The van der Waals surface area contributed by atoms with Gasteiger partial charge in [-0.05, 0) is 18.4 Å². The Morgan fingerprint density at radius 3 is 2.45 bits per heavy atom. The third kappa shape index (κ3) is 5.40. The predicted octanol–water partition coefficient (Wildman–Crippen LogP) is 2.63. The van der Waals surface area contributed by atoms with Crippen LogP contribution in [0.3, 0.4) is 0 Å². The van der Waals surface area contributed by atoms with Crippen LogP contribution in [-0.4, -0.2) is 23.1 Å². The van der Waals surface area contributed by atoms with Crippen LogP contribution in [0.2, 0.25) is 0 Å². The van der Waals surface area contributed by atoms with E-state index in [1.54, 1.807) is 24.3 Å². The van der Waals surface area contributed by atoms with Crippen LogP contribution in [0.1, 0.15) is 32.8 Å². The number of benzene rings is 1. The highest BCUT2D eigenvalue weighted by molar-refractivity contribution is 5.72. The molecule has 0 bridgehead atoms. The van der Waals surface area contributed by atoms with Gasteiger partial charge >= 0.3 is 11.9 Å². The van der Waals surface area contributed by atoms with Gasteiger partial charge in [0.15, 0.2) is 6.10 Å². The lowest BCUT2D eigenvalue weighted by molar-refractivity contribution is -0.152. The molecule has 0 fully saturated rings. The van der Waals surface area contributed by atoms with Gasteiger partial charge in [0.2, 0.25) is 0 Å². The van der Waals surface area contributed by atoms with Crippen molar-refractivity contribution in [3.05, 3.63) is 29.8 Å². The average molecular weight is 280 g/mol. The minimum Gasteiger partial charge on any atom is -0.479 e. The Morgan fingerprint density at radius 1 is 1.25 bits per heavy atom. The summed E-state index contributed by atoms with van der Waals surface area (Å²) < 4.78 is 10.5. The third-order valence-corrected chi connectivity index (χ3v) is 2.63.